The van der Waals surface area contributed by atoms with Gasteiger partial charge in [0.05, 0.1) is 18.6 Å². The first-order chi connectivity index (χ1) is 11.3. The maximum Gasteiger partial charge on any atom is 0.419 e. The molecule has 0 N–H and O–H groups in total. The third-order valence-electron chi connectivity index (χ3n) is 3.93. The molecule has 1 heterocycles. The van der Waals surface area contributed by atoms with Gasteiger partial charge in [-0.3, -0.25) is 9.59 Å². The summed E-state index contributed by atoms with van der Waals surface area (Å²) in [6.45, 7) is 0.224. The Morgan fingerprint density at radius 3 is 2.42 bits per heavy atom. The molecule has 0 unspecified atom stereocenters. The topological polar surface area (TPSA) is 55.8 Å². The van der Waals surface area contributed by atoms with Crippen molar-refractivity contribution in [1.29, 1.82) is 0 Å². The lowest BCUT2D eigenvalue weighted by atomic mass is 9.97. The summed E-state index contributed by atoms with van der Waals surface area (Å²) in [4.78, 5) is 25.0. The van der Waals surface area contributed by atoms with E-state index in [2.05, 4.69) is 4.74 Å². The van der Waals surface area contributed by atoms with Gasteiger partial charge in [0.15, 0.2) is 6.61 Å². The molecular formula is C16H18F3NO4. The molecule has 0 atom stereocenters. The molecule has 5 nitrogen and oxygen atoms in total. The van der Waals surface area contributed by atoms with Gasteiger partial charge in [-0.15, -0.1) is 0 Å². The van der Waals surface area contributed by atoms with Gasteiger partial charge in [0.2, 0.25) is 0 Å². The van der Waals surface area contributed by atoms with Crippen LogP contribution in [0.1, 0.15) is 18.4 Å². The van der Waals surface area contributed by atoms with Crippen molar-refractivity contribution < 1.29 is 32.2 Å². The van der Waals surface area contributed by atoms with Crippen molar-refractivity contribution in [3.63, 3.8) is 0 Å². The van der Waals surface area contributed by atoms with Gasteiger partial charge >= 0.3 is 12.1 Å². The number of piperidine rings is 1. The van der Waals surface area contributed by atoms with E-state index in [1.807, 2.05) is 0 Å². The van der Waals surface area contributed by atoms with Gasteiger partial charge in [-0.25, -0.2) is 0 Å². The highest BCUT2D eigenvalue weighted by molar-refractivity contribution is 5.78. The largest absolute Gasteiger partial charge is 0.483 e. The number of amides is 1. The number of rotatable bonds is 4. The average molecular weight is 345 g/mol. The maximum absolute atomic E-state index is 12.9. The van der Waals surface area contributed by atoms with Crippen LogP contribution in [0.3, 0.4) is 0 Å². The minimum Gasteiger partial charge on any atom is -0.483 e. The SMILES string of the molecule is COC(=O)C1CCN(C(=O)COc2ccccc2C(F)(F)F)CC1. The number of methoxy groups -OCH3 is 1. The van der Waals surface area contributed by atoms with E-state index in [1.54, 1.807) is 0 Å². The monoisotopic (exact) mass is 345 g/mol. The molecule has 0 saturated carbocycles. The summed E-state index contributed by atoms with van der Waals surface area (Å²) in [6.07, 6.45) is -3.60. The summed E-state index contributed by atoms with van der Waals surface area (Å²) < 4.78 is 48.3. The summed E-state index contributed by atoms with van der Waals surface area (Å²) in [5.41, 5.74) is -0.915. The number of likely N-dealkylation sites (tertiary alicyclic amines) is 1. The Kier molecular flexibility index (Phi) is 5.69. The summed E-state index contributed by atoms with van der Waals surface area (Å²) >= 11 is 0. The van der Waals surface area contributed by atoms with Crippen LogP contribution < -0.4 is 4.74 Å². The van der Waals surface area contributed by atoms with Crippen molar-refractivity contribution in [3.05, 3.63) is 29.8 Å². The minimum absolute atomic E-state index is 0.245. The molecule has 8 heteroatoms. The lowest BCUT2D eigenvalue weighted by Gasteiger charge is -2.30. The molecule has 132 valence electrons. The summed E-state index contributed by atoms with van der Waals surface area (Å²) in [7, 11) is 1.31. The predicted molar refractivity (Wildman–Crippen MR) is 78.3 cm³/mol. The zero-order valence-electron chi connectivity index (χ0n) is 13.1. The number of halogens is 3. The summed E-state index contributed by atoms with van der Waals surface area (Å²) in [5, 5.41) is 0. The van der Waals surface area contributed by atoms with Crippen LogP contribution in [0.5, 0.6) is 5.75 Å². The van der Waals surface area contributed by atoms with Gasteiger partial charge in [-0.05, 0) is 25.0 Å². The van der Waals surface area contributed by atoms with Crippen LogP contribution in [-0.2, 0) is 20.5 Å². The van der Waals surface area contributed by atoms with Crippen LogP contribution in [0.25, 0.3) is 0 Å². The number of nitrogens with zero attached hydrogens (tertiary/aromatic N) is 1. The van der Waals surface area contributed by atoms with Crippen LogP contribution in [0.4, 0.5) is 13.2 Å². The maximum atomic E-state index is 12.9. The second kappa shape index (κ2) is 7.55. The van der Waals surface area contributed by atoms with Crippen LogP contribution in [0, 0.1) is 5.92 Å². The van der Waals surface area contributed by atoms with Crippen molar-refractivity contribution in [1.82, 2.24) is 4.90 Å². The molecule has 0 spiro atoms. The molecule has 0 radical (unpaired) electrons. The molecule has 1 aliphatic rings. The molecule has 1 aromatic carbocycles. The van der Waals surface area contributed by atoms with E-state index >= 15 is 0 Å². The highest BCUT2D eigenvalue weighted by Gasteiger charge is 2.34. The number of benzene rings is 1. The van der Waals surface area contributed by atoms with E-state index in [0.717, 1.165) is 6.07 Å². The van der Waals surface area contributed by atoms with Gasteiger partial charge in [0.25, 0.3) is 5.91 Å². The van der Waals surface area contributed by atoms with E-state index in [-0.39, 0.29) is 17.6 Å². The van der Waals surface area contributed by atoms with E-state index in [9.17, 15) is 22.8 Å². The van der Waals surface area contributed by atoms with Crippen LogP contribution in [-0.4, -0.2) is 43.6 Å². The number of carbonyl (C=O) groups is 2. The Bertz CT molecular complexity index is 595. The number of carbonyl (C=O) groups excluding carboxylic acids is 2. The number of hydrogen-bond acceptors (Lipinski definition) is 4. The van der Waals surface area contributed by atoms with Gasteiger partial charge < -0.3 is 14.4 Å². The highest BCUT2D eigenvalue weighted by atomic mass is 19.4. The summed E-state index contributed by atoms with van der Waals surface area (Å²) in [5.74, 6) is -1.33. The Balaban J connectivity index is 1.90. The zero-order chi connectivity index (χ0) is 17.7. The van der Waals surface area contributed by atoms with Crippen LogP contribution in [0.15, 0.2) is 24.3 Å². The van der Waals surface area contributed by atoms with Gasteiger partial charge in [0, 0.05) is 13.1 Å². The van der Waals surface area contributed by atoms with E-state index < -0.39 is 24.3 Å². The fourth-order valence-electron chi connectivity index (χ4n) is 2.59. The van der Waals surface area contributed by atoms with E-state index in [4.69, 9.17) is 4.74 Å². The molecular weight excluding hydrogens is 327 g/mol. The zero-order valence-corrected chi connectivity index (χ0v) is 13.1. The van der Waals surface area contributed by atoms with Gasteiger partial charge in [0.1, 0.15) is 5.75 Å². The Morgan fingerprint density at radius 1 is 1.21 bits per heavy atom. The molecule has 1 fully saturated rings. The third kappa shape index (κ3) is 4.39. The van der Waals surface area contributed by atoms with Crippen molar-refractivity contribution in [3.8, 4) is 5.75 Å². The van der Waals surface area contributed by atoms with Crippen molar-refractivity contribution >= 4 is 11.9 Å². The highest BCUT2D eigenvalue weighted by Crippen LogP contribution is 2.35. The van der Waals surface area contributed by atoms with Crippen LogP contribution >= 0.6 is 0 Å². The lowest BCUT2D eigenvalue weighted by Crippen LogP contribution is -2.42. The Morgan fingerprint density at radius 2 is 1.83 bits per heavy atom. The Labute approximate surface area is 137 Å². The van der Waals surface area contributed by atoms with Gasteiger partial charge in [-0.2, -0.15) is 13.2 Å². The molecule has 0 bridgehead atoms. The smallest absolute Gasteiger partial charge is 0.419 e. The number of esters is 1. The molecule has 24 heavy (non-hydrogen) atoms. The van der Waals surface area contributed by atoms with Crippen molar-refractivity contribution in [2.24, 2.45) is 5.92 Å². The van der Waals surface area contributed by atoms with Crippen LogP contribution in [0.2, 0.25) is 0 Å². The second-order valence-electron chi connectivity index (χ2n) is 5.46. The first-order valence-corrected chi connectivity index (χ1v) is 7.47. The molecule has 1 aromatic rings. The Hall–Kier alpha value is -2.25. The van der Waals surface area contributed by atoms with E-state index in [0.29, 0.717) is 25.9 Å². The number of hydrogen-bond donors (Lipinski definition) is 0. The third-order valence-corrected chi connectivity index (χ3v) is 3.93. The number of ether oxygens (including phenoxy) is 2. The summed E-state index contributed by atoms with van der Waals surface area (Å²) in [6, 6.07) is 4.76. The quantitative estimate of drug-likeness (QED) is 0.787. The molecule has 0 aromatic heterocycles. The lowest BCUT2D eigenvalue weighted by molar-refractivity contribution is -0.149. The normalized spacial score (nSPS) is 15.9. The second-order valence-corrected chi connectivity index (χ2v) is 5.46. The fraction of sp³-hybridized carbons (Fsp3) is 0.500. The van der Waals surface area contributed by atoms with E-state index in [1.165, 1.54) is 30.2 Å². The van der Waals surface area contributed by atoms with Gasteiger partial charge in [-0.1, -0.05) is 12.1 Å². The molecule has 2 rings (SSSR count). The standard InChI is InChI=1S/C16H18F3NO4/c1-23-15(22)11-6-8-20(9-7-11)14(21)10-24-13-5-3-2-4-12(13)16(17,18)19/h2-5,11H,6-10H2,1H3. The minimum atomic E-state index is -4.54. The van der Waals surface area contributed by atoms with Crippen molar-refractivity contribution in [2.45, 2.75) is 19.0 Å². The fourth-order valence-corrected chi connectivity index (χ4v) is 2.59. The molecule has 0 aliphatic carbocycles. The average Bonchev–Trinajstić information content (AvgIpc) is 2.58. The molecule has 1 aliphatic heterocycles. The predicted octanol–water partition coefficient (Wildman–Crippen LogP) is 2.50. The molecule has 1 amide bonds. The molecule has 1 saturated heterocycles. The number of alkyl halides is 3. The number of para-hydroxylation sites is 1. The van der Waals surface area contributed by atoms with Crippen molar-refractivity contribution in [2.75, 3.05) is 26.8 Å². The first-order valence-electron chi connectivity index (χ1n) is 7.47. The first kappa shape index (κ1) is 18.1.